The Morgan fingerprint density at radius 2 is 1.79 bits per heavy atom. The number of amides is 3. The highest BCUT2D eigenvalue weighted by Gasteiger charge is 2.24. The average molecular weight is 399 g/mol. The van der Waals surface area contributed by atoms with Crippen molar-refractivity contribution in [3.8, 4) is 11.5 Å². The van der Waals surface area contributed by atoms with Crippen LogP contribution >= 0.6 is 0 Å². The number of nitrogens with two attached hydrogens (primary N) is 1. The molecule has 0 aromatic heterocycles. The molecule has 29 heavy (non-hydrogen) atoms. The van der Waals surface area contributed by atoms with Gasteiger partial charge >= 0.3 is 6.03 Å². The van der Waals surface area contributed by atoms with Gasteiger partial charge in [0.1, 0.15) is 12.6 Å². The summed E-state index contributed by atoms with van der Waals surface area (Å²) < 4.78 is 11.3. The Bertz CT molecular complexity index is 811. The van der Waals surface area contributed by atoms with Gasteiger partial charge in [-0.1, -0.05) is 56.7 Å². The number of urea groups is 1. The second-order valence-electron chi connectivity index (χ2n) is 6.85. The average Bonchev–Trinajstić information content (AvgIpc) is 2.74. The fourth-order valence-electron chi connectivity index (χ4n) is 2.83. The van der Waals surface area contributed by atoms with Gasteiger partial charge in [0, 0.05) is 6.54 Å². The van der Waals surface area contributed by atoms with Gasteiger partial charge in [-0.2, -0.15) is 0 Å². The smallest absolute Gasteiger partial charge is 0.312 e. The monoisotopic (exact) mass is 399 g/mol. The number of benzene rings is 2. The zero-order valence-corrected chi connectivity index (χ0v) is 17.1. The number of primary amides is 1. The predicted octanol–water partition coefficient (Wildman–Crippen LogP) is 2.97. The fourth-order valence-corrected chi connectivity index (χ4v) is 2.83. The molecule has 2 aromatic rings. The molecular weight excluding hydrogens is 370 g/mol. The zero-order valence-electron chi connectivity index (χ0n) is 17.1. The van der Waals surface area contributed by atoms with E-state index in [0.717, 1.165) is 17.5 Å². The van der Waals surface area contributed by atoms with Crippen LogP contribution in [0.4, 0.5) is 4.79 Å². The van der Waals surface area contributed by atoms with E-state index < -0.39 is 12.1 Å². The first-order chi connectivity index (χ1) is 13.9. The molecule has 7 heteroatoms. The largest absolute Gasteiger partial charge is 0.493 e. The lowest BCUT2D eigenvalue weighted by molar-refractivity contribution is -0.124. The van der Waals surface area contributed by atoms with Crippen LogP contribution in [0, 0.1) is 5.92 Å². The van der Waals surface area contributed by atoms with Crippen molar-refractivity contribution >= 4 is 11.9 Å². The molecule has 0 bridgehead atoms. The number of carbonyl (C=O) groups excluding carboxylic acids is 2. The molecule has 0 heterocycles. The Morgan fingerprint density at radius 1 is 1.07 bits per heavy atom. The molecule has 0 saturated heterocycles. The summed E-state index contributed by atoms with van der Waals surface area (Å²) in [5.41, 5.74) is 7.11. The van der Waals surface area contributed by atoms with E-state index in [1.807, 2.05) is 62.4 Å². The molecule has 3 amide bonds. The van der Waals surface area contributed by atoms with Crippen molar-refractivity contribution in [3.63, 3.8) is 0 Å². The number of rotatable bonds is 10. The van der Waals surface area contributed by atoms with Crippen LogP contribution in [0.2, 0.25) is 0 Å². The van der Waals surface area contributed by atoms with Crippen molar-refractivity contribution in [1.82, 2.24) is 10.6 Å². The van der Waals surface area contributed by atoms with Crippen LogP contribution in [0.15, 0.2) is 48.5 Å². The minimum atomic E-state index is -0.716. The van der Waals surface area contributed by atoms with Gasteiger partial charge in [0.05, 0.1) is 7.11 Å². The summed E-state index contributed by atoms with van der Waals surface area (Å²) in [5, 5.41) is 5.36. The third-order valence-electron chi connectivity index (χ3n) is 4.73. The van der Waals surface area contributed by atoms with Crippen molar-refractivity contribution in [2.75, 3.05) is 7.11 Å². The molecule has 0 aliphatic heterocycles. The van der Waals surface area contributed by atoms with Crippen molar-refractivity contribution in [2.24, 2.45) is 11.7 Å². The maximum Gasteiger partial charge on any atom is 0.312 e. The van der Waals surface area contributed by atoms with Crippen LogP contribution in [0.5, 0.6) is 11.5 Å². The Labute approximate surface area is 171 Å². The number of hydrogen-bond donors (Lipinski definition) is 3. The summed E-state index contributed by atoms with van der Waals surface area (Å²) in [7, 11) is 1.57. The maximum absolute atomic E-state index is 12.5. The molecule has 4 N–H and O–H groups in total. The second kappa shape index (κ2) is 10.9. The number of nitrogens with one attached hydrogen (secondary N) is 2. The summed E-state index contributed by atoms with van der Waals surface area (Å²) in [6.07, 6.45) is 0.736. The van der Waals surface area contributed by atoms with Crippen LogP contribution in [-0.2, 0) is 17.9 Å². The van der Waals surface area contributed by atoms with E-state index in [1.165, 1.54) is 0 Å². The molecular formula is C22H29N3O4. The summed E-state index contributed by atoms with van der Waals surface area (Å²) >= 11 is 0. The lowest BCUT2D eigenvalue weighted by Gasteiger charge is -2.22. The standard InChI is InChI=1S/C22H29N3O4/c1-4-15(2)20(25-22(23)27)21(26)24-13-17-10-11-18(19(12-17)28-3)29-14-16-8-6-5-7-9-16/h5-12,15,20H,4,13-14H2,1-3H3,(H,24,26)(H3,23,25,27)/t15-,20-/m0/s1. The normalized spacial score (nSPS) is 12.5. The second-order valence-corrected chi connectivity index (χ2v) is 6.85. The molecule has 2 aromatic carbocycles. The summed E-state index contributed by atoms with van der Waals surface area (Å²) in [5.74, 6) is 0.896. The minimum absolute atomic E-state index is 0.0363. The Hall–Kier alpha value is -3.22. The summed E-state index contributed by atoms with van der Waals surface area (Å²) in [4.78, 5) is 23.7. The van der Waals surface area contributed by atoms with E-state index >= 15 is 0 Å². The Morgan fingerprint density at radius 3 is 2.41 bits per heavy atom. The topological polar surface area (TPSA) is 103 Å². The van der Waals surface area contributed by atoms with Crippen molar-refractivity contribution in [1.29, 1.82) is 0 Å². The van der Waals surface area contributed by atoms with E-state index in [9.17, 15) is 9.59 Å². The predicted molar refractivity (Wildman–Crippen MR) is 112 cm³/mol. The van der Waals surface area contributed by atoms with Crippen LogP contribution in [0.1, 0.15) is 31.4 Å². The quantitative estimate of drug-likeness (QED) is 0.571. The number of ether oxygens (including phenoxy) is 2. The number of methoxy groups -OCH3 is 1. The molecule has 2 atom stereocenters. The van der Waals surface area contributed by atoms with Gasteiger partial charge in [-0.15, -0.1) is 0 Å². The van der Waals surface area contributed by atoms with Crippen molar-refractivity contribution in [3.05, 3.63) is 59.7 Å². The SMILES string of the molecule is CC[C@H](C)[C@H](NC(N)=O)C(=O)NCc1ccc(OCc2ccccc2)c(OC)c1. The highest BCUT2D eigenvalue weighted by molar-refractivity contribution is 5.86. The lowest BCUT2D eigenvalue weighted by atomic mass is 9.98. The highest BCUT2D eigenvalue weighted by Crippen LogP contribution is 2.29. The van der Waals surface area contributed by atoms with Gasteiger partial charge in [0.15, 0.2) is 11.5 Å². The highest BCUT2D eigenvalue weighted by atomic mass is 16.5. The summed E-state index contributed by atoms with van der Waals surface area (Å²) in [6.45, 7) is 4.57. The number of carbonyl (C=O) groups is 2. The van der Waals surface area contributed by atoms with E-state index in [1.54, 1.807) is 7.11 Å². The Kier molecular flexibility index (Phi) is 8.33. The minimum Gasteiger partial charge on any atom is -0.493 e. The zero-order chi connectivity index (χ0) is 21.2. The van der Waals surface area contributed by atoms with Gasteiger partial charge in [0.2, 0.25) is 5.91 Å². The van der Waals surface area contributed by atoms with Gasteiger partial charge in [-0.3, -0.25) is 4.79 Å². The van der Waals surface area contributed by atoms with E-state index in [0.29, 0.717) is 24.7 Å². The lowest BCUT2D eigenvalue weighted by Crippen LogP contribution is -2.51. The van der Waals surface area contributed by atoms with E-state index in [-0.39, 0.29) is 11.8 Å². The van der Waals surface area contributed by atoms with Gasteiger partial charge in [-0.25, -0.2) is 4.79 Å². The van der Waals surface area contributed by atoms with Crippen molar-refractivity contribution in [2.45, 2.75) is 39.5 Å². The van der Waals surface area contributed by atoms with Gasteiger partial charge in [-0.05, 0) is 29.2 Å². The molecule has 0 unspecified atom stereocenters. The first kappa shape index (κ1) is 22.1. The number of hydrogen-bond acceptors (Lipinski definition) is 4. The molecule has 0 fully saturated rings. The van der Waals surface area contributed by atoms with Crippen molar-refractivity contribution < 1.29 is 19.1 Å². The van der Waals surface area contributed by atoms with Crippen LogP contribution < -0.4 is 25.8 Å². The first-order valence-corrected chi connectivity index (χ1v) is 9.61. The molecule has 0 aliphatic carbocycles. The van der Waals surface area contributed by atoms with Gasteiger partial charge in [0.25, 0.3) is 0 Å². The summed E-state index contributed by atoms with van der Waals surface area (Å²) in [6, 6.07) is 14.0. The Balaban J connectivity index is 2.00. The van der Waals surface area contributed by atoms with Crippen LogP contribution in [0.3, 0.4) is 0 Å². The molecule has 156 valence electrons. The van der Waals surface area contributed by atoms with E-state index in [4.69, 9.17) is 15.2 Å². The molecule has 0 radical (unpaired) electrons. The van der Waals surface area contributed by atoms with Crippen LogP contribution in [0.25, 0.3) is 0 Å². The molecule has 0 aliphatic rings. The molecule has 0 saturated carbocycles. The molecule has 2 rings (SSSR count). The third-order valence-corrected chi connectivity index (χ3v) is 4.73. The molecule has 0 spiro atoms. The maximum atomic E-state index is 12.5. The van der Waals surface area contributed by atoms with Crippen LogP contribution in [-0.4, -0.2) is 25.1 Å². The van der Waals surface area contributed by atoms with Gasteiger partial charge < -0.3 is 25.8 Å². The molecule has 7 nitrogen and oxygen atoms in total. The fraction of sp³-hybridized carbons (Fsp3) is 0.364. The third kappa shape index (κ3) is 6.71. The first-order valence-electron chi connectivity index (χ1n) is 9.61. The van der Waals surface area contributed by atoms with E-state index in [2.05, 4.69) is 10.6 Å².